The van der Waals surface area contributed by atoms with Gasteiger partial charge in [-0.25, -0.2) is 13.4 Å². The van der Waals surface area contributed by atoms with Crippen molar-refractivity contribution in [3.05, 3.63) is 53.6 Å². The fourth-order valence-corrected chi connectivity index (χ4v) is 3.42. The van der Waals surface area contributed by atoms with Gasteiger partial charge in [0.25, 0.3) is 0 Å². The van der Waals surface area contributed by atoms with E-state index in [1.165, 1.54) is 6.26 Å². The van der Waals surface area contributed by atoms with Crippen molar-refractivity contribution in [2.75, 3.05) is 34.1 Å². The molecule has 0 radical (unpaired) electrons. The zero-order chi connectivity index (χ0) is 21.4. The van der Waals surface area contributed by atoms with E-state index < -0.39 is 9.84 Å². The fraction of sp³-hybridized carbons (Fsp3) is 0.381. The van der Waals surface area contributed by atoms with Crippen molar-refractivity contribution in [2.45, 2.75) is 24.9 Å². The van der Waals surface area contributed by atoms with Gasteiger partial charge in [0, 0.05) is 38.0 Å². The Kier molecular flexibility index (Phi) is 7.90. The summed E-state index contributed by atoms with van der Waals surface area (Å²) in [6.07, 6.45) is 1.20. The average molecular weight is 420 g/mol. The highest BCUT2D eigenvalue weighted by atomic mass is 32.2. The summed E-state index contributed by atoms with van der Waals surface area (Å²) in [5, 5.41) is 3.28. The molecular weight excluding hydrogens is 390 g/mol. The Hall–Kier alpha value is -2.74. The summed E-state index contributed by atoms with van der Waals surface area (Å²) in [7, 11) is 2.02. The van der Waals surface area contributed by atoms with Gasteiger partial charge in [0.15, 0.2) is 15.8 Å². The third-order valence-electron chi connectivity index (χ3n) is 4.36. The Morgan fingerprint density at radius 3 is 2.34 bits per heavy atom. The summed E-state index contributed by atoms with van der Waals surface area (Å²) in [6, 6.07) is 12.5. The molecule has 0 aromatic heterocycles. The molecule has 0 aliphatic rings. The highest BCUT2D eigenvalue weighted by Gasteiger charge is 2.12. The summed E-state index contributed by atoms with van der Waals surface area (Å²) in [5.41, 5.74) is 1.95. The number of sulfone groups is 1. The second kappa shape index (κ2) is 10.2. The van der Waals surface area contributed by atoms with Crippen LogP contribution >= 0.6 is 0 Å². The average Bonchev–Trinajstić information content (AvgIpc) is 2.70. The zero-order valence-corrected chi connectivity index (χ0v) is 18.4. The lowest BCUT2D eigenvalue weighted by molar-refractivity contribution is 0.382. The predicted octanol–water partition coefficient (Wildman–Crippen LogP) is 2.70. The molecule has 0 fully saturated rings. The van der Waals surface area contributed by atoms with Gasteiger partial charge in [0.05, 0.1) is 25.7 Å². The minimum Gasteiger partial charge on any atom is -0.497 e. The van der Waals surface area contributed by atoms with Crippen molar-refractivity contribution in [3.63, 3.8) is 0 Å². The highest BCUT2D eigenvalue weighted by Crippen LogP contribution is 2.25. The van der Waals surface area contributed by atoms with E-state index in [0.717, 1.165) is 35.1 Å². The highest BCUT2D eigenvalue weighted by molar-refractivity contribution is 7.90. The van der Waals surface area contributed by atoms with Gasteiger partial charge in [0.2, 0.25) is 0 Å². The summed E-state index contributed by atoms with van der Waals surface area (Å²) < 4.78 is 33.9. The first-order chi connectivity index (χ1) is 13.8. The molecule has 0 spiro atoms. The first-order valence-electron chi connectivity index (χ1n) is 9.27. The van der Waals surface area contributed by atoms with Gasteiger partial charge in [0.1, 0.15) is 11.5 Å². The maximum Gasteiger partial charge on any atom is 0.194 e. The Labute approximate surface area is 173 Å². The Bertz CT molecular complexity index is 941. The Morgan fingerprint density at radius 1 is 1.10 bits per heavy atom. The first kappa shape index (κ1) is 22.5. The lowest BCUT2D eigenvalue weighted by Crippen LogP contribution is -2.38. The third kappa shape index (κ3) is 6.39. The molecular formula is C21H29N3O4S. The lowest BCUT2D eigenvalue weighted by Gasteiger charge is -2.23. The molecule has 0 bridgehead atoms. The number of methoxy groups -OCH3 is 2. The van der Waals surface area contributed by atoms with E-state index in [1.54, 1.807) is 38.5 Å². The van der Waals surface area contributed by atoms with Crippen molar-refractivity contribution in [3.8, 4) is 11.5 Å². The number of hydrogen-bond acceptors (Lipinski definition) is 5. The number of hydrogen-bond donors (Lipinski definition) is 1. The van der Waals surface area contributed by atoms with E-state index >= 15 is 0 Å². The largest absolute Gasteiger partial charge is 0.497 e. The van der Waals surface area contributed by atoms with E-state index in [4.69, 9.17) is 9.47 Å². The van der Waals surface area contributed by atoms with Crippen LogP contribution in [0, 0.1) is 0 Å². The second-order valence-corrected chi connectivity index (χ2v) is 8.64. The SMILES string of the molecule is CCNC(=NCc1ccc(S(C)(=O)=O)cc1)N(C)Cc1ccc(OC)cc1OC. The molecule has 2 rings (SSSR count). The van der Waals surface area contributed by atoms with Crippen LogP contribution < -0.4 is 14.8 Å². The molecule has 0 aliphatic heterocycles. The van der Waals surface area contributed by atoms with Crippen molar-refractivity contribution in [1.82, 2.24) is 10.2 Å². The predicted molar refractivity (Wildman–Crippen MR) is 115 cm³/mol. The maximum atomic E-state index is 11.6. The smallest absolute Gasteiger partial charge is 0.194 e. The molecule has 0 atom stereocenters. The van der Waals surface area contributed by atoms with Crippen molar-refractivity contribution < 1.29 is 17.9 Å². The zero-order valence-electron chi connectivity index (χ0n) is 17.6. The fourth-order valence-electron chi connectivity index (χ4n) is 2.79. The van der Waals surface area contributed by atoms with E-state index in [0.29, 0.717) is 18.0 Å². The number of guanidine groups is 1. The van der Waals surface area contributed by atoms with Gasteiger partial charge in [-0.2, -0.15) is 0 Å². The number of nitrogens with zero attached hydrogens (tertiary/aromatic N) is 2. The maximum absolute atomic E-state index is 11.6. The minimum absolute atomic E-state index is 0.306. The van der Waals surface area contributed by atoms with Gasteiger partial charge in [-0.1, -0.05) is 12.1 Å². The van der Waals surface area contributed by atoms with Gasteiger partial charge in [-0.3, -0.25) is 0 Å². The summed E-state index contributed by atoms with van der Waals surface area (Å²) >= 11 is 0. The van der Waals surface area contributed by atoms with Crippen LogP contribution in [-0.2, 0) is 22.9 Å². The molecule has 7 nitrogen and oxygen atoms in total. The standard InChI is InChI=1S/C21H29N3O4S/c1-6-22-21(23-14-16-7-11-19(12-8-16)29(5,25)26)24(2)15-17-9-10-18(27-3)13-20(17)28-4/h7-13H,6,14-15H2,1-5H3,(H,22,23). The number of benzene rings is 2. The number of ether oxygens (including phenoxy) is 2. The lowest BCUT2D eigenvalue weighted by atomic mass is 10.2. The molecule has 0 unspecified atom stereocenters. The first-order valence-corrected chi connectivity index (χ1v) is 11.2. The van der Waals surface area contributed by atoms with E-state index in [2.05, 4.69) is 10.3 Å². The van der Waals surface area contributed by atoms with Crippen molar-refractivity contribution >= 4 is 15.8 Å². The molecule has 0 aliphatic carbocycles. The third-order valence-corrected chi connectivity index (χ3v) is 5.49. The monoisotopic (exact) mass is 419 g/mol. The van der Waals surface area contributed by atoms with Crippen LogP contribution in [0.2, 0.25) is 0 Å². The molecule has 0 saturated carbocycles. The Balaban J connectivity index is 2.15. The van der Waals surface area contributed by atoms with Crippen LogP contribution in [-0.4, -0.2) is 53.3 Å². The molecule has 1 N–H and O–H groups in total. The quantitative estimate of drug-likeness (QED) is 0.523. The van der Waals surface area contributed by atoms with Crippen LogP contribution in [0.3, 0.4) is 0 Å². The minimum atomic E-state index is -3.20. The van der Waals surface area contributed by atoms with Crippen LogP contribution in [0.4, 0.5) is 0 Å². The van der Waals surface area contributed by atoms with Gasteiger partial charge >= 0.3 is 0 Å². The van der Waals surface area contributed by atoms with E-state index in [9.17, 15) is 8.42 Å². The van der Waals surface area contributed by atoms with Crippen LogP contribution in [0.1, 0.15) is 18.1 Å². The summed E-state index contributed by atoms with van der Waals surface area (Å²) in [4.78, 5) is 7.00. The normalized spacial score (nSPS) is 11.8. The van der Waals surface area contributed by atoms with Gasteiger partial charge in [-0.15, -0.1) is 0 Å². The topological polar surface area (TPSA) is 80.2 Å². The molecule has 8 heteroatoms. The second-order valence-electron chi connectivity index (χ2n) is 6.62. The van der Waals surface area contributed by atoms with Crippen molar-refractivity contribution in [1.29, 1.82) is 0 Å². The summed E-state index contributed by atoms with van der Waals surface area (Å²) in [5.74, 6) is 2.24. The number of nitrogens with one attached hydrogen (secondary N) is 1. The van der Waals surface area contributed by atoms with Gasteiger partial charge in [-0.05, 0) is 36.8 Å². The van der Waals surface area contributed by atoms with Crippen LogP contribution in [0.5, 0.6) is 11.5 Å². The van der Waals surface area contributed by atoms with Gasteiger partial charge < -0.3 is 19.7 Å². The number of rotatable bonds is 8. The van der Waals surface area contributed by atoms with Crippen molar-refractivity contribution in [2.24, 2.45) is 4.99 Å². The molecule has 0 saturated heterocycles. The molecule has 2 aromatic rings. The summed E-state index contributed by atoms with van der Waals surface area (Å²) in [6.45, 7) is 3.79. The van der Waals surface area contributed by atoms with Crippen LogP contribution in [0.25, 0.3) is 0 Å². The van der Waals surface area contributed by atoms with Crippen LogP contribution in [0.15, 0.2) is 52.4 Å². The van der Waals surface area contributed by atoms with E-state index in [1.807, 2.05) is 37.1 Å². The number of aliphatic imine (C=N–C) groups is 1. The molecule has 29 heavy (non-hydrogen) atoms. The Morgan fingerprint density at radius 2 is 1.79 bits per heavy atom. The van der Waals surface area contributed by atoms with E-state index in [-0.39, 0.29) is 0 Å². The molecule has 0 amide bonds. The molecule has 158 valence electrons. The molecule has 2 aromatic carbocycles. The molecule has 0 heterocycles.